The fourth-order valence-electron chi connectivity index (χ4n) is 2.78. The Morgan fingerprint density at radius 1 is 1.07 bits per heavy atom. The molecule has 1 heterocycles. The Morgan fingerprint density at radius 3 is 2.61 bits per heavy atom. The summed E-state index contributed by atoms with van der Waals surface area (Å²) < 4.78 is 12.2. The molecule has 142 valence electrons. The highest BCUT2D eigenvalue weighted by atomic mass is 16.6. The summed E-state index contributed by atoms with van der Waals surface area (Å²) in [5.74, 6) is 0.754. The molecule has 0 bridgehead atoms. The number of carbonyl (C=O) groups excluding carboxylic acids is 1. The largest absolute Gasteiger partial charge is 0.497 e. The van der Waals surface area contributed by atoms with Gasteiger partial charge in [-0.25, -0.2) is 0 Å². The lowest BCUT2D eigenvalue weighted by Crippen LogP contribution is -2.00. The zero-order chi connectivity index (χ0) is 20.1. The summed E-state index contributed by atoms with van der Waals surface area (Å²) in [6, 6.07) is 14.9. The molecule has 0 saturated heterocycles. The Morgan fingerprint density at radius 2 is 1.89 bits per heavy atom. The smallest absolute Gasteiger partial charge is 0.271 e. The van der Waals surface area contributed by atoms with Gasteiger partial charge in [-0.15, -0.1) is 0 Å². The van der Waals surface area contributed by atoms with Gasteiger partial charge in [-0.1, -0.05) is 6.07 Å². The van der Waals surface area contributed by atoms with Crippen LogP contribution < -0.4 is 9.47 Å². The van der Waals surface area contributed by atoms with Gasteiger partial charge in [-0.05, 0) is 48.6 Å². The second-order valence-corrected chi connectivity index (χ2v) is 5.84. The van der Waals surface area contributed by atoms with E-state index in [2.05, 4.69) is 0 Å². The van der Waals surface area contributed by atoms with Crippen LogP contribution in [0, 0.1) is 10.1 Å². The van der Waals surface area contributed by atoms with Crippen LogP contribution in [0.3, 0.4) is 0 Å². The average Bonchev–Trinajstić information content (AvgIpc) is 3.20. The quantitative estimate of drug-likeness (QED) is 0.265. The van der Waals surface area contributed by atoms with Gasteiger partial charge in [-0.3, -0.25) is 14.9 Å². The number of ether oxygens (including phenoxy) is 2. The normalized spacial score (nSPS) is 10.8. The van der Waals surface area contributed by atoms with E-state index in [4.69, 9.17) is 9.47 Å². The lowest BCUT2D eigenvalue weighted by molar-refractivity contribution is -0.384. The van der Waals surface area contributed by atoms with E-state index in [-0.39, 0.29) is 11.5 Å². The minimum absolute atomic E-state index is 0.00155. The number of nitro benzene ring substituents is 1. The van der Waals surface area contributed by atoms with Crippen molar-refractivity contribution in [3.05, 3.63) is 88.2 Å². The molecule has 7 heteroatoms. The Kier molecular flexibility index (Phi) is 5.55. The van der Waals surface area contributed by atoms with E-state index in [0.717, 1.165) is 0 Å². The number of hydrogen-bond acceptors (Lipinski definition) is 5. The summed E-state index contributed by atoms with van der Waals surface area (Å²) in [7, 11) is 3.02. The number of ketones is 1. The van der Waals surface area contributed by atoms with E-state index in [9.17, 15) is 14.9 Å². The molecule has 0 aliphatic carbocycles. The maximum absolute atomic E-state index is 12.7. The summed E-state index contributed by atoms with van der Waals surface area (Å²) in [5.41, 5.74) is 1.71. The van der Waals surface area contributed by atoms with Crippen molar-refractivity contribution >= 4 is 17.5 Å². The molecule has 3 aromatic rings. The van der Waals surface area contributed by atoms with Gasteiger partial charge >= 0.3 is 0 Å². The van der Waals surface area contributed by atoms with Crippen LogP contribution in [0.15, 0.2) is 66.9 Å². The zero-order valence-corrected chi connectivity index (χ0v) is 15.4. The molecule has 2 aromatic carbocycles. The van der Waals surface area contributed by atoms with Gasteiger partial charge in [0.15, 0.2) is 5.78 Å². The SMILES string of the molecule is COc1ccc(OC)c(C(=O)/C=C/c2cccn2-c2cccc([N+](=O)[O-])c2)c1. The highest BCUT2D eigenvalue weighted by Gasteiger charge is 2.12. The molecule has 0 aliphatic heterocycles. The maximum Gasteiger partial charge on any atom is 0.271 e. The van der Waals surface area contributed by atoms with E-state index >= 15 is 0 Å². The Bertz CT molecular complexity index is 1050. The third kappa shape index (κ3) is 3.93. The summed E-state index contributed by atoms with van der Waals surface area (Å²) >= 11 is 0. The number of methoxy groups -OCH3 is 2. The number of nitrogens with zero attached hydrogens (tertiary/aromatic N) is 2. The van der Waals surface area contributed by atoms with Crippen LogP contribution in [0.5, 0.6) is 11.5 Å². The molecule has 7 nitrogen and oxygen atoms in total. The highest BCUT2D eigenvalue weighted by molar-refractivity contribution is 6.08. The van der Waals surface area contributed by atoms with Crippen LogP contribution in [-0.4, -0.2) is 29.5 Å². The fraction of sp³-hybridized carbons (Fsp3) is 0.0952. The molecule has 28 heavy (non-hydrogen) atoms. The number of aromatic nitrogens is 1. The topological polar surface area (TPSA) is 83.6 Å². The number of hydrogen-bond donors (Lipinski definition) is 0. The third-order valence-electron chi connectivity index (χ3n) is 4.18. The van der Waals surface area contributed by atoms with Crippen LogP contribution in [0.4, 0.5) is 5.69 Å². The lowest BCUT2D eigenvalue weighted by Gasteiger charge is -2.08. The predicted octanol–water partition coefficient (Wildman–Crippen LogP) is 4.30. The summed E-state index contributed by atoms with van der Waals surface area (Å²) in [4.78, 5) is 23.2. The van der Waals surface area contributed by atoms with Crippen LogP contribution in [0.25, 0.3) is 11.8 Å². The van der Waals surface area contributed by atoms with Gasteiger partial charge < -0.3 is 14.0 Å². The molecule has 0 fully saturated rings. The Labute approximate surface area is 161 Å². The number of nitro groups is 1. The first-order valence-corrected chi connectivity index (χ1v) is 8.40. The van der Waals surface area contributed by atoms with Crippen molar-refractivity contribution in [2.75, 3.05) is 14.2 Å². The first-order valence-electron chi connectivity index (χ1n) is 8.40. The van der Waals surface area contributed by atoms with Gasteiger partial charge in [0, 0.05) is 24.0 Å². The lowest BCUT2D eigenvalue weighted by atomic mass is 10.1. The van der Waals surface area contributed by atoms with Crippen molar-refractivity contribution in [2.45, 2.75) is 0 Å². The Balaban J connectivity index is 1.91. The minimum atomic E-state index is -0.443. The van der Waals surface area contributed by atoms with E-state index in [1.165, 1.54) is 32.4 Å². The molecular weight excluding hydrogens is 360 g/mol. The second-order valence-electron chi connectivity index (χ2n) is 5.84. The van der Waals surface area contributed by atoms with Crippen molar-refractivity contribution in [1.29, 1.82) is 0 Å². The number of benzene rings is 2. The number of allylic oxidation sites excluding steroid dienone is 1. The van der Waals surface area contributed by atoms with Crippen LogP contribution in [0.1, 0.15) is 16.1 Å². The summed E-state index contributed by atoms with van der Waals surface area (Å²) in [6.45, 7) is 0. The summed E-state index contributed by atoms with van der Waals surface area (Å²) in [6.07, 6.45) is 4.86. The summed E-state index contributed by atoms with van der Waals surface area (Å²) in [5, 5.41) is 11.0. The molecule has 0 radical (unpaired) electrons. The van der Waals surface area contributed by atoms with Crippen molar-refractivity contribution in [2.24, 2.45) is 0 Å². The van der Waals surface area contributed by atoms with Gasteiger partial charge in [0.25, 0.3) is 5.69 Å². The van der Waals surface area contributed by atoms with Crippen LogP contribution in [-0.2, 0) is 0 Å². The molecule has 1 aromatic heterocycles. The number of non-ortho nitro benzene ring substituents is 1. The molecule has 0 unspecified atom stereocenters. The van der Waals surface area contributed by atoms with Crippen LogP contribution >= 0.6 is 0 Å². The van der Waals surface area contributed by atoms with Crippen molar-refractivity contribution in [3.63, 3.8) is 0 Å². The molecule has 3 rings (SSSR count). The standard InChI is InChI=1S/C21H18N2O5/c1-27-18-9-11-21(28-2)19(14-18)20(24)10-8-15-7-4-12-22(15)16-5-3-6-17(13-16)23(25)26/h3-14H,1-2H3/b10-8+. The predicted molar refractivity (Wildman–Crippen MR) is 105 cm³/mol. The molecule has 0 N–H and O–H groups in total. The second kappa shape index (κ2) is 8.22. The van der Waals surface area contributed by atoms with Gasteiger partial charge in [0.1, 0.15) is 11.5 Å². The van der Waals surface area contributed by atoms with Crippen LogP contribution in [0.2, 0.25) is 0 Å². The first-order chi connectivity index (χ1) is 13.5. The minimum Gasteiger partial charge on any atom is -0.497 e. The van der Waals surface area contributed by atoms with E-state index in [1.807, 2.05) is 6.07 Å². The fourth-order valence-corrected chi connectivity index (χ4v) is 2.78. The van der Waals surface area contributed by atoms with Crippen molar-refractivity contribution in [3.8, 4) is 17.2 Å². The molecule has 0 aliphatic rings. The van der Waals surface area contributed by atoms with Gasteiger partial charge in [0.05, 0.1) is 30.4 Å². The molecule has 0 amide bonds. The van der Waals surface area contributed by atoms with E-state index in [0.29, 0.717) is 28.4 Å². The Hall–Kier alpha value is -3.87. The zero-order valence-electron chi connectivity index (χ0n) is 15.4. The average molecular weight is 378 g/mol. The van der Waals surface area contributed by atoms with Crippen molar-refractivity contribution in [1.82, 2.24) is 4.57 Å². The first kappa shape index (κ1) is 18.9. The monoisotopic (exact) mass is 378 g/mol. The third-order valence-corrected chi connectivity index (χ3v) is 4.18. The van der Waals surface area contributed by atoms with Gasteiger partial charge in [0.2, 0.25) is 0 Å². The van der Waals surface area contributed by atoms with E-state index in [1.54, 1.807) is 53.2 Å². The molecule has 0 spiro atoms. The van der Waals surface area contributed by atoms with Gasteiger partial charge in [-0.2, -0.15) is 0 Å². The maximum atomic E-state index is 12.7. The number of carbonyl (C=O) groups is 1. The van der Waals surface area contributed by atoms with E-state index < -0.39 is 4.92 Å². The van der Waals surface area contributed by atoms with Crippen molar-refractivity contribution < 1.29 is 19.2 Å². The molecular formula is C21H18N2O5. The molecule has 0 saturated carbocycles. The number of rotatable bonds is 7. The molecule has 0 atom stereocenters. The highest BCUT2D eigenvalue weighted by Crippen LogP contribution is 2.25.